The maximum Gasteiger partial charge on any atom is 0.231 e. The van der Waals surface area contributed by atoms with Gasteiger partial charge >= 0.3 is 0 Å². The number of carbonyl (C=O) groups excluding carboxylic acids is 1. The van der Waals surface area contributed by atoms with E-state index in [4.69, 9.17) is 4.42 Å². The molecule has 0 aliphatic heterocycles. The Morgan fingerprint density at radius 2 is 1.94 bits per heavy atom. The first-order chi connectivity index (χ1) is 8.74. The number of benzene rings is 1. The predicted octanol–water partition coefficient (Wildman–Crippen LogP) is 2.59. The lowest BCUT2D eigenvalue weighted by Gasteiger charge is -1.94. The topological polar surface area (TPSA) is 56.0 Å². The van der Waals surface area contributed by atoms with E-state index < -0.39 is 0 Å². The molecule has 0 N–H and O–H groups in total. The van der Waals surface area contributed by atoms with Crippen molar-refractivity contribution in [1.29, 1.82) is 0 Å². The molecule has 18 heavy (non-hydrogen) atoms. The Balaban J connectivity index is 2.07. The van der Waals surface area contributed by atoms with Gasteiger partial charge in [-0.25, -0.2) is 14.4 Å². The number of carbonyl (C=O) groups is 1. The van der Waals surface area contributed by atoms with Crippen molar-refractivity contribution < 1.29 is 13.6 Å². The van der Waals surface area contributed by atoms with E-state index in [9.17, 15) is 9.18 Å². The average Bonchev–Trinajstić information content (AvgIpc) is 2.81. The first-order valence-electron chi connectivity index (χ1n) is 5.23. The van der Waals surface area contributed by atoms with Crippen molar-refractivity contribution >= 4 is 16.8 Å². The SMILES string of the molecule is O=C(c1cncnc1)c1cc2cc(F)ccc2o1. The van der Waals surface area contributed by atoms with Crippen LogP contribution in [0.4, 0.5) is 4.39 Å². The predicted molar refractivity (Wildman–Crippen MR) is 61.6 cm³/mol. The molecule has 0 radical (unpaired) electrons. The number of hydrogen-bond donors (Lipinski definition) is 0. The first-order valence-corrected chi connectivity index (χ1v) is 5.23. The van der Waals surface area contributed by atoms with E-state index in [-0.39, 0.29) is 17.4 Å². The van der Waals surface area contributed by atoms with Gasteiger partial charge in [-0.15, -0.1) is 0 Å². The van der Waals surface area contributed by atoms with E-state index in [1.807, 2.05) is 0 Å². The van der Waals surface area contributed by atoms with Crippen molar-refractivity contribution in [3.05, 3.63) is 60.1 Å². The molecule has 0 spiro atoms. The van der Waals surface area contributed by atoms with Crippen LogP contribution in [0.25, 0.3) is 11.0 Å². The molecule has 3 aromatic rings. The summed E-state index contributed by atoms with van der Waals surface area (Å²) in [6.07, 6.45) is 4.15. The van der Waals surface area contributed by atoms with Crippen LogP contribution in [-0.4, -0.2) is 15.8 Å². The molecule has 0 unspecified atom stereocenters. The summed E-state index contributed by atoms with van der Waals surface area (Å²) >= 11 is 0. The number of halogens is 1. The number of hydrogen-bond acceptors (Lipinski definition) is 4. The van der Waals surface area contributed by atoms with Crippen LogP contribution in [0, 0.1) is 5.82 Å². The van der Waals surface area contributed by atoms with Crippen molar-refractivity contribution in [3.8, 4) is 0 Å². The Morgan fingerprint density at radius 1 is 1.17 bits per heavy atom. The van der Waals surface area contributed by atoms with Crippen molar-refractivity contribution in [1.82, 2.24) is 9.97 Å². The lowest BCUT2D eigenvalue weighted by molar-refractivity contribution is 0.101. The maximum absolute atomic E-state index is 13.0. The lowest BCUT2D eigenvalue weighted by Crippen LogP contribution is -2.00. The third-order valence-electron chi connectivity index (χ3n) is 2.52. The highest BCUT2D eigenvalue weighted by atomic mass is 19.1. The number of aromatic nitrogens is 2. The van der Waals surface area contributed by atoms with E-state index in [1.165, 1.54) is 43.0 Å². The number of rotatable bonds is 2. The minimum absolute atomic E-state index is 0.144. The third-order valence-corrected chi connectivity index (χ3v) is 2.52. The summed E-state index contributed by atoms with van der Waals surface area (Å²) < 4.78 is 18.4. The molecule has 0 bridgehead atoms. The monoisotopic (exact) mass is 242 g/mol. The Hall–Kier alpha value is -2.56. The number of furan rings is 1. The van der Waals surface area contributed by atoms with Gasteiger partial charge in [0.05, 0.1) is 5.56 Å². The van der Waals surface area contributed by atoms with E-state index in [2.05, 4.69) is 9.97 Å². The van der Waals surface area contributed by atoms with Crippen molar-refractivity contribution in [2.24, 2.45) is 0 Å². The fourth-order valence-corrected chi connectivity index (χ4v) is 1.68. The van der Waals surface area contributed by atoms with E-state index in [0.717, 1.165) is 0 Å². The molecule has 2 aromatic heterocycles. The zero-order chi connectivity index (χ0) is 12.5. The van der Waals surface area contributed by atoms with Crippen LogP contribution < -0.4 is 0 Å². The minimum Gasteiger partial charge on any atom is -0.453 e. The van der Waals surface area contributed by atoms with Crippen molar-refractivity contribution in [2.75, 3.05) is 0 Å². The summed E-state index contributed by atoms with van der Waals surface area (Å²) in [5.41, 5.74) is 0.800. The first kappa shape index (κ1) is 10.6. The summed E-state index contributed by atoms with van der Waals surface area (Å²) in [5.74, 6) is -0.553. The standard InChI is InChI=1S/C13H7FN2O2/c14-10-1-2-11-8(3-10)4-12(18-11)13(17)9-5-15-7-16-6-9/h1-7H. The Morgan fingerprint density at radius 3 is 2.72 bits per heavy atom. The second-order valence-corrected chi connectivity index (χ2v) is 3.75. The average molecular weight is 242 g/mol. The molecule has 1 aromatic carbocycles. The van der Waals surface area contributed by atoms with Crippen LogP contribution in [0.2, 0.25) is 0 Å². The van der Waals surface area contributed by atoms with E-state index in [1.54, 1.807) is 0 Å². The fourth-order valence-electron chi connectivity index (χ4n) is 1.68. The third kappa shape index (κ3) is 1.75. The van der Waals surface area contributed by atoms with Gasteiger partial charge in [0.2, 0.25) is 5.78 Å². The zero-order valence-corrected chi connectivity index (χ0v) is 9.13. The molecule has 0 atom stereocenters. The van der Waals surface area contributed by atoms with Gasteiger partial charge in [-0.3, -0.25) is 4.79 Å². The molecule has 3 rings (SSSR count). The van der Waals surface area contributed by atoms with Crippen LogP contribution in [0.3, 0.4) is 0 Å². The number of fused-ring (bicyclic) bond motifs is 1. The summed E-state index contributed by atoms with van der Waals surface area (Å²) in [6, 6.07) is 5.60. The van der Waals surface area contributed by atoms with Gasteiger partial charge in [-0.05, 0) is 24.3 Å². The van der Waals surface area contributed by atoms with Crippen molar-refractivity contribution in [3.63, 3.8) is 0 Å². The van der Waals surface area contributed by atoms with Gasteiger partial charge in [-0.2, -0.15) is 0 Å². The molecular weight excluding hydrogens is 235 g/mol. The van der Waals surface area contributed by atoms with Gasteiger partial charge in [0, 0.05) is 17.8 Å². The second-order valence-electron chi connectivity index (χ2n) is 3.75. The highest BCUT2D eigenvalue weighted by molar-refractivity contribution is 6.08. The Labute approximate surface area is 101 Å². The summed E-state index contributed by atoms with van der Waals surface area (Å²) in [6.45, 7) is 0. The van der Waals surface area contributed by atoms with Gasteiger partial charge < -0.3 is 4.42 Å². The van der Waals surface area contributed by atoms with Crippen LogP contribution in [0.5, 0.6) is 0 Å². The van der Waals surface area contributed by atoms with Gasteiger partial charge in [0.15, 0.2) is 5.76 Å². The van der Waals surface area contributed by atoms with Crippen LogP contribution in [-0.2, 0) is 0 Å². The molecule has 0 amide bonds. The van der Waals surface area contributed by atoms with E-state index >= 15 is 0 Å². The summed E-state index contributed by atoms with van der Waals surface area (Å²) in [5, 5.41) is 0.551. The maximum atomic E-state index is 13.0. The largest absolute Gasteiger partial charge is 0.453 e. The van der Waals surface area contributed by atoms with Gasteiger partial charge in [0.1, 0.15) is 17.7 Å². The number of ketones is 1. The Bertz CT molecular complexity index is 722. The normalized spacial score (nSPS) is 10.7. The quantitative estimate of drug-likeness (QED) is 0.648. The van der Waals surface area contributed by atoms with Gasteiger partial charge in [-0.1, -0.05) is 0 Å². The van der Waals surface area contributed by atoms with Crippen LogP contribution in [0.15, 0.2) is 47.4 Å². The molecule has 0 fully saturated rings. The molecule has 5 heteroatoms. The molecule has 4 nitrogen and oxygen atoms in total. The van der Waals surface area contributed by atoms with Gasteiger partial charge in [0.25, 0.3) is 0 Å². The fraction of sp³-hybridized carbons (Fsp3) is 0. The van der Waals surface area contributed by atoms with Crippen molar-refractivity contribution in [2.45, 2.75) is 0 Å². The summed E-state index contributed by atoms with van der Waals surface area (Å²) in [4.78, 5) is 19.6. The zero-order valence-electron chi connectivity index (χ0n) is 9.13. The smallest absolute Gasteiger partial charge is 0.231 e. The minimum atomic E-state index is -0.370. The van der Waals surface area contributed by atoms with Crippen LogP contribution in [0.1, 0.15) is 16.1 Å². The molecule has 0 aliphatic rings. The molecule has 2 heterocycles. The number of nitrogens with zero attached hydrogens (tertiary/aromatic N) is 2. The second kappa shape index (κ2) is 4.03. The lowest BCUT2D eigenvalue weighted by atomic mass is 10.1. The highest BCUT2D eigenvalue weighted by Gasteiger charge is 2.15. The van der Waals surface area contributed by atoms with Crippen LogP contribution >= 0.6 is 0 Å². The van der Waals surface area contributed by atoms with E-state index in [0.29, 0.717) is 16.5 Å². The summed E-state index contributed by atoms with van der Waals surface area (Å²) in [7, 11) is 0. The molecule has 88 valence electrons. The molecular formula is C13H7FN2O2. The molecule has 0 aliphatic carbocycles. The highest BCUT2D eigenvalue weighted by Crippen LogP contribution is 2.22. The molecule has 0 saturated heterocycles. The molecule has 0 saturated carbocycles. The Kier molecular flexibility index (Phi) is 2.37.